The molecular weight excluding hydrogens is 309 g/mol. The van der Waals surface area contributed by atoms with Crippen LogP contribution in [0.25, 0.3) is 0 Å². The molecule has 24 heavy (non-hydrogen) atoms. The molecule has 2 aromatic carbocycles. The zero-order chi connectivity index (χ0) is 17.3. The lowest BCUT2D eigenvalue weighted by Gasteiger charge is -2.22. The van der Waals surface area contributed by atoms with Gasteiger partial charge in [0, 0.05) is 0 Å². The number of amides is 3. The largest absolute Gasteiger partial charge is 0.325 e. The fourth-order valence-electron chi connectivity index (χ4n) is 2.69. The molecule has 0 aromatic heterocycles. The van der Waals surface area contributed by atoms with Crippen molar-refractivity contribution in [3.63, 3.8) is 0 Å². The number of imide groups is 1. The molecule has 2 aromatic rings. The number of carbonyl (C=O) groups excluding carboxylic acids is 2. The first-order chi connectivity index (χ1) is 11.4. The van der Waals surface area contributed by atoms with Crippen LogP contribution >= 0.6 is 0 Å². The molecule has 0 bridgehead atoms. The molecule has 1 aliphatic rings. The monoisotopic (exact) mass is 323 g/mol. The van der Waals surface area contributed by atoms with E-state index in [4.69, 9.17) is 5.26 Å². The average Bonchev–Trinajstić information content (AvgIpc) is 2.81. The van der Waals surface area contributed by atoms with Crippen molar-refractivity contribution in [1.82, 2.24) is 10.2 Å². The second-order valence-electron chi connectivity index (χ2n) is 5.76. The fraction of sp³-hybridized carbons (Fsp3) is 0.167. The van der Waals surface area contributed by atoms with E-state index in [0.29, 0.717) is 16.7 Å². The van der Waals surface area contributed by atoms with Crippen LogP contribution in [0.4, 0.5) is 9.18 Å². The smallest absolute Gasteiger partial charge is 0.319 e. The summed E-state index contributed by atoms with van der Waals surface area (Å²) in [7, 11) is 0. The molecule has 1 N–H and O–H groups in total. The number of nitrogens with one attached hydrogen (secondary N) is 1. The van der Waals surface area contributed by atoms with Gasteiger partial charge < -0.3 is 5.32 Å². The van der Waals surface area contributed by atoms with Gasteiger partial charge in [-0.2, -0.15) is 5.26 Å². The summed E-state index contributed by atoms with van der Waals surface area (Å²) in [6.45, 7) is 1.69. The number of hydrogen-bond acceptors (Lipinski definition) is 3. The van der Waals surface area contributed by atoms with Crippen LogP contribution in [-0.4, -0.2) is 16.8 Å². The van der Waals surface area contributed by atoms with Crippen LogP contribution in [0.3, 0.4) is 0 Å². The molecule has 3 rings (SSSR count). The number of urea groups is 1. The third-order valence-electron chi connectivity index (χ3n) is 4.12. The Kier molecular flexibility index (Phi) is 3.78. The van der Waals surface area contributed by atoms with Gasteiger partial charge in [0.05, 0.1) is 18.2 Å². The Bertz CT molecular complexity index is 840. The van der Waals surface area contributed by atoms with E-state index in [0.717, 1.165) is 4.90 Å². The number of carbonyl (C=O) groups is 2. The molecule has 1 aliphatic heterocycles. The highest BCUT2D eigenvalue weighted by Gasteiger charge is 2.48. The van der Waals surface area contributed by atoms with Crippen molar-refractivity contribution in [3.8, 4) is 6.07 Å². The summed E-state index contributed by atoms with van der Waals surface area (Å²) < 4.78 is 13.0. The minimum absolute atomic E-state index is 0.0663. The van der Waals surface area contributed by atoms with E-state index in [2.05, 4.69) is 5.32 Å². The van der Waals surface area contributed by atoms with Crippen molar-refractivity contribution in [1.29, 1.82) is 5.26 Å². The maximum atomic E-state index is 13.0. The summed E-state index contributed by atoms with van der Waals surface area (Å²) >= 11 is 0. The molecule has 1 heterocycles. The van der Waals surface area contributed by atoms with Gasteiger partial charge in [0.1, 0.15) is 11.4 Å². The van der Waals surface area contributed by atoms with Gasteiger partial charge in [0.25, 0.3) is 5.91 Å². The van der Waals surface area contributed by atoms with Crippen molar-refractivity contribution in [3.05, 3.63) is 71.0 Å². The lowest BCUT2D eigenvalue weighted by Crippen LogP contribution is -2.40. The van der Waals surface area contributed by atoms with Gasteiger partial charge in [0.15, 0.2) is 0 Å². The third kappa shape index (κ3) is 2.61. The third-order valence-corrected chi connectivity index (χ3v) is 4.12. The van der Waals surface area contributed by atoms with Crippen molar-refractivity contribution in [2.24, 2.45) is 0 Å². The highest BCUT2D eigenvalue weighted by atomic mass is 19.1. The van der Waals surface area contributed by atoms with Crippen molar-refractivity contribution >= 4 is 11.9 Å². The standard InChI is InChI=1S/C18H14FN3O2/c1-18(14-6-2-12(10-20)3-7-14)16(23)22(17(24)21-18)11-13-4-8-15(19)9-5-13/h2-9H,11H2,1H3,(H,21,24)/t18-/m0/s1. The number of nitriles is 1. The molecule has 1 saturated heterocycles. The zero-order valence-corrected chi connectivity index (χ0v) is 12.9. The van der Waals surface area contributed by atoms with Gasteiger partial charge >= 0.3 is 6.03 Å². The van der Waals surface area contributed by atoms with Gasteiger partial charge in [-0.05, 0) is 42.3 Å². The molecule has 6 heteroatoms. The van der Waals surface area contributed by atoms with E-state index in [-0.39, 0.29) is 18.3 Å². The van der Waals surface area contributed by atoms with Crippen LogP contribution in [0.5, 0.6) is 0 Å². The SMILES string of the molecule is C[C@@]1(c2ccc(C#N)cc2)NC(=O)N(Cc2ccc(F)cc2)C1=O. The quantitative estimate of drug-likeness (QED) is 0.883. The van der Waals surface area contributed by atoms with Gasteiger partial charge in [0.2, 0.25) is 0 Å². The Hall–Kier alpha value is -3.20. The van der Waals surface area contributed by atoms with E-state index < -0.39 is 11.6 Å². The maximum absolute atomic E-state index is 13.0. The summed E-state index contributed by atoms with van der Waals surface area (Å²) in [5.41, 5.74) is 0.540. The predicted octanol–water partition coefficient (Wildman–Crippen LogP) is 2.66. The molecule has 3 amide bonds. The summed E-state index contributed by atoms with van der Waals surface area (Å²) in [4.78, 5) is 26.1. The summed E-state index contributed by atoms with van der Waals surface area (Å²) in [6.07, 6.45) is 0. The molecule has 0 spiro atoms. The highest BCUT2D eigenvalue weighted by Crippen LogP contribution is 2.30. The molecular formula is C18H14FN3O2. The van der Waals surface area contributed by atoms with Crippen LogP contribution in [-0.2, 0) is 16.9 Å². The van der Waals surface area contributed by atoms with Crippen molar-refractivity contribution < 1.29 is 14.0 Å². The molecule has 5 nitrogen and oxygen atoms in total. The Balaban J connectivity index is 1.87. The second kappa shape index (κ2) is 5.78. The number of benzene rings is 2. The lowest BCUT2D eigenvalue weighted by molar-refractivity contribution is -0.131. The Labute approximate surface area is 138 Å². The molecule has 0 saturated carbocycles. The lowest BCUT2D eigenvalue weighted by atomic mass is 9.91. The van der Waals surface area contributed by atoms with Crippen LogP contribution in [0.1, 0.15) is 23.6 Å². The van der Waals surface area contributed by atoms with Crippen LogP contribution in [0.15, 0.2) is 48.5 Å². The molecule has 0 aliphatic carbocycles. The number of hydrogen-bond donors (Lipinski definition) is 1. The Morgan fingerprint density at radius 2 is 1.75 bits per heavy atom. The van der Waals surface area contributed by atoms with E-state index in [1.807, 2.05) is 6.07 Å². The van der Waals surface area contributed by atoms with Gasteiger partial charge in [-0.25, -0.2) is 9.18 Å². The Morgan fingerprint density at radius 3 is 2.33 bits per heavy atom. The first-order valence-electron chi connectivity index (χ1n) is 7.33. The molecule has 120 valence electrons. The van der Waals surface area contributed by atoms with E-state index in [1.165, 1.54) is 24.3 Å². The number of nitrogens with zero attached hydrogens (tertiary/aromatic N) is 2. The number of rotatable bonds is 3. The van der Waals surface area contributed by atoms with Crippen LogP contribution in [0, 0.1) is 17.1 Å². The summed E-state index contributed by atoms with van der Waals surface area (Å²) in [5, 5.41) is 11.6. The van der Waals surface area contributed by atoms with Crippen LogP contribution in [0.2, 0.25) is 0 Å². The normalized spacial score (nSPS) is 20.0. The molecule has 1 fully saturated rings. The Morgan fingerprint density at radius 1 is 1.12 bits per heavy atom. The van der Waals surface area contributed by atoms with Crippen molar-refractivity contribution in [2.75, 3.05) is 0 Å². The van der Waals surface area contributed by atoms with Gasteiger partial charge in [-0.1, -0.05) is 24.3 Å². The molecule has 0 radical (unpaired) electrons. The fourth-order valence-corrected chi connectivity index (χ4v) is 2.69. The predicted molar refractivity (Wildman–Crippen MR) is 84.0 cm³/mol. The summed E-state index contributed by atoms with van der Waals surface area (Å²) in [5.74, 6) is -0.764. The molecule has 0 unspecified atom stereocenters. The van der Waals surface area contributed by atoms with Gasteiger partial charge in [-0.15, -0.1) is 0 Å². The van der Waals surface area contributed by atoms with Crippen LogP contribution < -0.4 is 5.32 Å². The zero-order valence-electron chi connectivity index (χ0n) is 12.9. The molecule has 1 atom stereocenters. The van der Waals surface area contributed by atoms with E-state index >= 15 is 0 Å². The van der Waals surface area contributed by atoms with Crippen molar-refractivity contribution in [2.45, 2.75) is 19.0 Å². The first kappa shape index (κ1) is 15.7. The van der Waals surface area contributed by atoms with E-state index in [1.54, 1.807) is 31.2 Å². The minimum Gasteiger partial charge on any atom is -0.319 e. The van der Waals surface area contributed by atoms with Gasteiger partial charge in [-0.3, -0.25) is 9.69 Å². The summed E-state index contributed by atoms with van der Waals surface area (Å²) in [6, 6.07) is 13.6. The topological polar surface area (TPSA) is 73.2 Å². The second-order valence-corrected chi connectivity index (χ2v) is 5.76. The maximum Gasteiger partial charge on any atom is 0.325 e. The first-order valence-corrected chi connectivity index (χ1v) is 7.33. The van der Waals surface area contributed by atoms with E-state index in [9.17, 15) is 14.0 Å². The minimum atomic E-state index is -1.19. The average molecular weight is 323 g/mol. The highest BCUT2D eigenvalue weighted by molar-refractivity contribution is 6.07. The number of halogens is 1.